The minimum Gasteiger partial charge on any atom is -0.384 e. The number of Topliss-reactive ketones (excluding diaryl/α,β-unsaturated/α-hetero) is 1. The summed E-state index contributed by atoms with van der Waals surface area (Å²) in [6.07, 6.45) is 2.25. The molecule has 0 aliphatic heterocycles. The quantitative estimate of drug-likeness (QED) is 0.778. The number of hydrogen-bond acceptors (Lipinski definition) is 3. The number of rotatable bonds is 6. The van der Waals surface area contributed by atoms with Gasteiger partial charge in [0.1, 0.15) is 6.10 Å². The third-order valence-corrected chi connectivity index (χ3v) is 3.24. The first-order valence-corrected chi connectivity index (χ1v) is 6.17. The standard InChI is InChI=1S/C14H19NO2/c15-12(8-10-4-2-1-3-5-10)14(17)13(16)9-11-6-7-11/h1-5,11-12,14,17H,6-9,15H2. The molecule has 3 heteroatoms. The Morgan fingerprint density at radius 1 is 1.35 bits per heavy atom. The molecule has 92 valence electrons. The average Bonchev–Trinajstić information content (AvgIpc) is 3.13. The van der Waals surface area contributed by atoms with E-state index in [1.165, 1.54) is 0 Å². The fourth-order valence-electron chi connectivity index (χ4n) is 1.96. The first-order valence-electron chi connectivity index (χ1n) is 6.17. The average molecular weight is 233 g/mol. The molecule has 1 aromatic carbocycles. The maximum atomic E-state index is 11.7. The molecule has 0 saturated heterocycles. The van der Waals surface area contributed by atoms with E-state index < -0.39 is 12.1 Å². The molecule has 1 aliphatic rings. The summed E-state index contributed by atoms with van der Waals surface area (Å²) >= 11 is 0. The zero-order valence-corrected chi connectivity index (χ0v) is 9.88. The van der Waals surface area contributed by atoms with Crippen molar-refractivity contribution in [3.63, 3.8) is 0 Å². The molecule has 2 atom stereocenters. The predicted molar refractivity (Wildman–Crippen MR) is 66.5 cm³/mol. The Morgan fingerprint density at radius 3 is 2.59 bits per heavy atom. The van der Waals surface area contributed by atoms with Crippen LogP contribution in [0.2, 0.25) is 0 Å². The summed E-state index contributed by atoms with van der Waals surface area (Å²) in [5, 5.41) is 9.85. The SMILES string of the molecule is NC(Cc1ccccc1)C(O)C(=O)CC1CC1. The van der Waals surface area contributed by atoms with Crippen LogP contribution in [0.25, 0.3) is 0 Å². The normalized spacial score (nSPS) is 18.7. The van der Waals surface area contributed by atoms with Crippen molar-refractivity contribution in [2.24, 2.45) is 11.7 Å². The second-order valence-corrected chi connectivity index (χ2v) is 4.91. The second kappa shape index (κ2) is 5.43. The van der Waals surface area contributed by atoms with Gasteiger partial charge in [-0.1, -0.05) is 30.3 Å². The summed E-state index contributed by atoms with van der Waals surface area (Å²) in [7, 11) is 0. The van der Waals surface area contributed by atoms with Crippen LogP contribution < -0.4 is 5.73 Å². The number of carbonyl (C=O) groups excluding carboxylic acids is 1. The largest absolute Gasteiger partial charge is 0.384 e. The summed E-state index contributed by atoms with van der Waals surface area (Å²) in [6, 6.07) is 9.21. The molecule has 0 bridgehead atoms. The van der Waals surface area contributed by atoms with E-state index in [4.69, 9.17) is 5.73 Å². The lowest BCUT2D eigenvalue weighted by Gasteiger charge is -2.17. The van der Waals surface area contributed by atoms with Crippen LogP contribution in [0.4, 0.5) is 0 Å². The van der Waals surface area contributed by atoms with Gasteiger partial charge in [0.05, 0.1) is 0 Å². The molecule has 3 nitrogen and oxygen atoms in total. The van der Waals surface area contributed by atoms with E-state index in [0.29, 0.717) is 18.8 Å². The molecule has 1 fully saturated rings. The predicted octanol–water partition coefficient (Wildman–Crippen LogP) is 1.29. The van der Waals surface area contributed by atoms with Gasteiger partial charge in [-0.05, 0) is 30.7 Å². The molecule has 0 heterocycles. The van der Waals surface area contributed by atoms with Gasteiger partial charge in [0.15, 0.2) is 5.78 Å². The monoisotopic (exact) mass is 233 g/mol. The fraction of sp³-hybridized carbons (Fsp3) is 0.500. The molecule has 3 N–H and O–H groups in total. The van der Waals surface area contributed by atoms with E-state index >= 15 is 0 Å². The van der Waals surface area contributed by atoms with Gasteiger partial charge in [-0.3, -0.25) is 4.79 Å². The third-order valence-electron chi connectivity index (χ3n) is 3.24. The third kappa shape index (κ3) is 3.65. The zero-order chi connectivity index (χ0) is 12.3. The van der Waals surface area contributed by atoms with Gasteiger partial charge in [0.25, 0.3) is 0 Å². The van der Waals surface area contributed by atoms with Crippen molar-refractivity contribution in [2.75, 3.05) is 0 Å². The molecule has 17 heavy (non-hydrogen) atoms. The van der Waals surface area contributed by atoms with Crippen LogP contribution in [-0.2, 0) is 11.2 Å². The molecule has 1 saturated carbocycles. The van der Waals surface area contributed by atoms with Crippen LogP contribution in [-0.4, -0.2) is 23.0 Å². The van der Waals surface area contributed by atoms with Gasteiger partial charge in [-0.2, -0.15) is 0 Å². The van der Waals surface area contributed by atoms with Crippen LogP contribution >= 0.6 is 0 Å². The lowest BCUT2D eigenvalue weighted by atomic mass is 9.97. The van der Waals surface area contributed by atoms with E-state index in [0.717, 1.165) is 18.4 Å². The van der Waals surface area contributed by atoms with Gasteiger partial charge in [0.2, 0.25) is 0 Å². The highest BCUT2D eigenvalue weighted by Crippen LogP contribution is 2.33. The highest BCUT2D eigenvalue weighted by molar-refractivity contribution is 5.84. The lowest BCUT2D eigenvalue weighted by molar-refractivity contribution is -0.128. The van der Waals surface area contributed by atoms with Crippen LogP contribution in [0.15, 0.2) is 30.3 Å². The molecule has 0 spiro atoms. The van der Waals surface area contributed by atoms with E-state index in [9.17, 15) is 9.90 Å². The van der Waals surface area contributed by atoms with Crippen LogP contribution in [0.1, 0.15) is 24.8 Å². The second-order valence-electron chi connectivity index (χ2n) is 4.91. The van der Waals surface area contributed by atoms with Gasteiger partial charge in [-0.25, -0.2) is 0 Å². The summed E-state index contributed by atoms with van der Waals surface area (Å²) in [4.78, 5) is 11.7. The van der Waals surface area contributed by atoms with E-state index in [1.54, 1.807) is 0 Å². The van der Waals surface area contributed by atoms with Crippen LogP contribution in [0.3, 0.4) is 0 Å². The Morgan fingerprint density at radius 2 is 2.00 bits per heavy atom. The molecule has 2 unspecified atom stereocenters. The topological polar surface area (TPSA) is 63.3 Å². The summed E-state index contributed by atoms with van der Waals surface area (Å²) in [5.41, 5.74) is 6.93. The molecular weight excluding hydrogens is 214 g/mol. The van der Waals surface area contributed by atoms with E-state index in [1.807, 2.05) is 30.3 Å². The number of aliphatic hydroxyl groups excluding tert-OH is 1. The molecule has 2 rings (SSSR count). The van der Waals surface area contributed by atoms with Crippen molar-refractivity contribution in [1.29, 1.82) is 0 Å². The number of aliphatic hydroxyl groups is 1. The minimum atomic E-state index is -1.02. The summed E-state index contributed by atoms with van der Waals surface area (Å²) in [5.74, 6) is 0.400. The highest BCUT2D eigenvalue weighted by Gasteiger charge is 2.30. The Hall–Kier alpha value is -1.19. The highest BCUT2D eigenvalue weighted by atomic mass is 16.3. The Balaban J connectivity index is 1.85. The van der Waals surface area contributed by atoms with Crippen LogP contribution in [0.5, 0.6) is 0 Å². The lowest BCUT2D eigenvalue weighted by Crippen LogP contribution is -2.42. The first-order chi connectivity index (χ1) is 8.16. The van der Waals surface area contributed by atoms with Gasteiger partial charge < -0.3 is 10.8 Å². The fourth-order valence-corrected chi connectivity index (χ4v) is 1.96. The summed E-state index contributed by atoms with van der Waals surface area (Å²) in [6.45, 7) is 0. The molecular formula is C14H19NO2. The van der Waals surface area contributed by atoms with Gasteiger partial charge >= 0.3 is 0 Å². The molecule has 1 aromatic rings. The maximum absolute atomic E-state index is 11.7. The van der Waals surface area contributed by atoms with E-state index in [-0.39, 0.29) is 5.78 Å². The van der Waals surface area contributed by atoms with Crippen molar-refractivity contribution in [3.8, 4) is 0 Å². The Bertz CT molecular complexity index is 373. The molecule has 0 amide bonds. The number of hydrogen-bond donors (Lipinski definition) is 2. The number of ketones is 1. The van der Waals surface area contributed by atoms with Crippen molar-refractivity contribution in [2.45, 2.75) is 37.8 Å². The maximum Gasteiger partial charge on any atom is 0.163 e. The van der Waals surface area contributed by atoms with Gasteiger partial charge in [-0.15, -0.1) is 0 Å². The van der Waals surface area contributed by atoms with Crippen molar-refractivity contribution < 1.29 is 9.90 Å². The smallest absolute Gasteiger partial charge is 0.163 e. The Labute approximate surface area is 102 Å². The van der Waals surface area contributed by atoms with Crippen molar-refractivity contribution >= 4 is 5.78 Å². The van der Waals surface area contributed by atoms with Crippen molar-refractivity contribution in [1.82, 2.24) is 0 Å². The minimum absolute atomic E-state index is 0.101. The molecule has 0 radical (unpaired) electrons. The number of nitrogens with two attached hydrogens (primary N) is 1. The zero-order valence-electron chi connectivity index (χ0n) is 9.88. The Kier molecular flexibility index (Phi) is 3.92. The van der Waals surface area contributed by atoms with Crippen LogP contribution in [0, 0.1) is 5.92 Å². The molecule has 0 aromatic heterocycles. The number of benzene rings is 1. The summed E-state index contributed by atoms with van der Waals surface area (Å²) < 4.78 is 0. The number of carbonyl (C=O) groups is 1. The van der Waals surface area contributed by atoms with Crippen molar-refractivity contribution in [3.05, 3.63) is 35.9 Å². The van der Waals surface area contributed by atoms with Gasteiger partial charge in [0, 0.05) is 12.5 Å². The molecule has 1 aliphatic carbocycles. The van der Waals surface area contributed by atoms with E-state index in [2.05, 4.69) is 0 Å². The first kappa shape index (κ1) is 12.3.